The third kappa shape index (κ3) is 4.90. The Balaban J connectivity index is 1.87. The molecule has 4 rings (SSSR count). The number of benzene rings is 2. The van der Waals surface area contributed by atoms with Crippen LogP contribution >= 0.6 is 0 Å². The molecule has 2 aliphatic rings. The van der Waals surface area contributed by atoms with Gasteiger partial charge in [0.15, 0.2) is 0 Å². The Bertz CT molecular complexity index is 1100. The van der Waals surface area contributed by atoms with Crippen LogP contribution in [-0.2, 0) is 20.9 Å². The van der Waals surface area contributed by atoms with Crippen LogP contribution in [0.25, 0.3) is 10.8 Å². The number of hydrogen-bond donors (Lipinski definition) is 2. The molecule has 0 unspecified atom stereocenters. The fourth-order valence-electron chi connectivity index (χ4n) is 5.14. The molecule has 2 aromatic carbocycles. The Hall–Kier alpha value is -3.42. The summed E-state index contributed by atoms with van der Waals surface area (Å²) < 4.78 is 9.98. The highest BCUT2D eigenvalue weighted by Crippen LogP contribution is 2.32. The lowest BCUT2D eigenvalue weighted by Gasteiger charge is -2.19. The third-order valence-electron chi connectivity index (χ3n) is 6.83. The van der Waals surface area contributed by atoms with Crippen molar-refractivity contribution in [3.8, 4) is 0 Å². The standard InChI is InChI=1S/C26H30N2O6/c1-33-26(32)21-13-12-19(24(30)27-17-6-2-3-7-17)22-16(14-34-15-29)10-11-20(23(21)22)25(31)28-18-8-4-5-9-18/h10-13,15,17-18H,2-9,14H2,1H3,(H,27,30)(H,28,31). The van der Waals surface area contributed by atoms with Crippen LogP contribution in [0.4, 0.5) is 0 Å². The lowest BCUT2D eigenvalue weighted by Crippen LogP contribution is -2.34. The lowest BCUT2D eigenvalue weighted by molar-refractivity contribution is -0.129. The van der Waals surface area contributed by atoms with Gasteiger partial charge in [-0.25, -0.2) is 4.79 Å². The Morgan fingerprint density at radius 3 is 1.85 bits per heavy atom. The van der Waals surface area contributed by atoms with Crippen molar-refractivity contribution in [2.45, 2.75) is 70.1 Å². The highest BCUT2D eigenvalue weighted by atomic mass is 16.5. The highest BCUT2D eigenvalue weighted by molar-refractivity contribution is 6.20. The second-order valence-electron chi connectivity index (χ2n) is 8.99. The number of ether oxygens (including phenoxy) is 2. The Kier molecular flexibility index (Phi) is 7.45. The van der Waals surface area contributed by atoms with Crippen LogP contribution in [0.15, 0.2) is 24.3 Å². The van der Waals surface area contributed by atoms with Crippen molar-refractivity contribution in [2.24, 2.45) is 0 Å². The van der Waals surface area contributed by atoms with Gasteiger partial charge in [0, 0.05) is 34.0 Å². The summed E-state index contributed by atoms with van der Waals surface area (Å²) in [5, 5.41) is 6.88. The number of nitrogens with one attached hydrogen (secondary N) is 2. The van der Waals surface area contributed by atoms with E-state index in [1.165, 1.54) is 13.2 Å². The molecule has 8 heteroatoms. The van der Waals surface area contributed by atoms with Crippen LogP contribution in [0.2, 0.25) is 0 Å². The molecule has 0 spiro atoms. The molecule has 8 nitrogen and oxygen atoms in total. The number of carbonyl (C=O) groups excluding carboxylic acids is 4. The summed E-state index contributed by atoms with van der Waals surface area (Å²) in [6.45, 7) is 0.230. The van der Waals surface area contributed by atoms with Gasteiger partial charge in [-0.15, -0.1) is 0 Å². The summed E-state index contributed by atoms with van der Waals surface area (Å²) >= 11 is 0. The summed E-state index contributed by atoms with van der Waals surface area (Å²) in [6, 6.07) is 6.54. The van der Waals surface area contributed by atoms with E-state index in [1.54, 1.807) is 18.2 Å². The number of rotatable bonds is 8. The minimum absolute atomic E-state index is 0.0797. The first-order valence-corrected chi connectivity index (χ1v) is 11.9. The highest BCUT2D eigenvalue weighted by Gasteiger charge is 2.27. The summed E-state index contributed by atoms with van der Waals surface area (Å²) in [6.07, 6.45) is 7.91. The molecular weight excluding hydrogens is 436 g/mol. The second kappa shape index (κ2) is 10.7. The number of hydrogen-bond acceptors (Lipinski definition) is 6. The van der Waals surface area contributed by atoms with Crippen LogP contribution in [0.3, 0.4) is 0 Å². The van der Waals surface area contributed by atoms with Crippen LogP contribution in [0, 0.1) is 0 Å². The molecule has 2 fully saturated rings. The molecule has 0 aromatic heterocycles. The van der Waals surface area contributed by atoms with E-state index in [-0.39, 0.29) is 41.6 Å². The molecule has 0 heterocycles. The largest absolute Gasteiger partial charge is 0.465 e. The number of amides is 2. The van der Waals surface area contributed by atoms with Gasteiger partial charge >= 0.3 is 5.97 Å². The van der Waals surface area contributed by atoms with Gasteiger partial charge in [0.25, 0.3) is 18.3 Å². The Labute approximate surface area is 198 Å². The van der Waals surface area contributed by atoms with Crippen molar-refractivity contribution in [3.63, 3.8) is 0 Å². The van der Waals surface area contributed by atoms with E-state index in [0.717, 1.165) is 51.4 Å². The zero-order chi connectivity index (χ0) is 24.1. The van der Waals surface area contributed by atoms with E-state index in [0.29, 0.717) is 28.4 Å². The minimum atomic E-state index is -0.615. The van der Waals surface area contributed by atoms with Gasteiger partial charge in [0.2, 0.25) is 0 Å². The number of esters is 1. The van der Waals surface area contributed by atoms with Crippen LogP contribution < -0.4 is 10.6 Å². The van der Waals surface area contributed by atoms with Crippen molar-refractivity contribution in [1.82, 2.24) is 10.6 Å². The van der Waals surface area contributed by atoms with Gasteiger partial charge in [-0.05, 0) is 49.4 Å². The smallest absolute Gasteiger partial charge is 0.338 e. The fourth-order valence-corrected chi connectivity index (χ4v) is 5.14. The van der Waals surface area contributed by atoms with Crippen LogP contribution in [-0.4, -0.2) is 43.4 Å². The monoisotopic (exact) mass is 466 g/mol. The molecule has 2 saturated carbocycles. The number of fused-ring (bicyclic) bond motifs is 1. The van der Waals surface area contributed by atoms with Gasteiger partial charge in [-0.1, -0.05) is 31.7 Å². The summed E-state index contributed by atoms with van der Waals surface area (Å²) in [7, 11) is 1.27. The van der Waals surface area contributed by atoms with Crippen LogP contribution in [0.5, 0.6) is 0 Å². The molecule has 2 N–H and O–H groups in total. The van der Waals surface area contributed by atoms with Gasteiger partial charge < -0.3 is 20.1 Å². The molecule has 0 bridgehead atoms. The number of methoxy groups -OCH3 is 1. The second-order valence-corrected chi connectivity index (χ2v) is 8.99. The SMILES string of the molecule is COC(=O)c1ccc(C(=O)NC2CCCC2)c2c(COC=O)ccc(C(=O)NC3CCCC3)c12. The van der Waals surface area contributed by atoms with E-state index in [2.05, 4.69) is 10.6 Å². The van der Waals surface area contributed by atoms with Crippen molar-refractivity contribution < 1.29 is 28.7 Å². The quantitative estimate of drug-likeness (QED) is 0.454. The zero-order valence-corrected chi connectivity index (χ0v) is 19.4. The molecule has 2 aliphatic carbocycles. The van der Waals surface area contributed by atoms with Gasteiger partial charge in [0.05, 0.1) is 12.7 Å². The molecule has 0 aliphatic heterocycles. The average molecular weight is 467 g/mol. The maximum atomic E-state index is 13.3. The van der Waals surface area contributed by atoms with Crippen molar-refractivity contribution >= 4 is 35.0 Å². The normalized spacial score (nSPS) is 16.4. The van der Waals surface area contributed by atoms with E-state index in [1.807, 2.05) is 0 Å². The molecule has 0 atom stereocenters. The van der Waals surface area contributed by atoms with Gasteiger partial charge in [-0.3, -0.25) is 14.4 Å². The summed E-state index contributed by atoms with van der Waals surface area (Å²) in [4.78, 5) is 50.2. The maximum absolute atomic E-state index is 13.3. The first-order valence-electron chi connectivity index (χ1n) is 11.9. The van der Waals surface area contributed by atoms with Crippen molar-refractivity contribution in [3.05, 3.63) is 46.5 Å². The van der Waals surface area contributed by atoms with Gasteiger partial charge in [0.1, 0.15) is 6.61 Å². The molecule has 180 valence electrons. The first kappa shape index (κ1) is 23.7. The summed E-state index contributed by atoms with van der Waals surface area (Å²) in [5.41, 5.74) is 1.32. The molecule has 0 radical (unpaired) electrons. The van der Waals surface area contributed by atoms with Crippen molar-refractivity contribution in [1.29, 1.82) is 0 Å². The maximum Gasteiger partial charge on any atom is 0.338 e. The molecule has 2 aromatic rings. The molecule has 2 amide bonds. The molecule has 34 heavy (non-hydrogen) atoms. The lowest BCUT2D eigenvalue weighted by atomic mass is 9.90. The zero-order valence-electron chi connectivity index (χ0n) is 19.4. The minimum Gasteiger partial charge on any atom is -0.465 e. The Morgan fingerprint density at radius 1 is 0.824 bits per heavy atom. The number of carbonyl (C=O) groups is 4. The first-order chi connectivity index (χ1) is 16.5. The third-order valence-corrected chi connectivity index (χ3v) is 6.83. The Morgan fingerprint density at radius 2 is 1.32 bits per heavy atom. The van der Waals surface area contributed by atoms with Crippen molar-refractivity contribution in [2.75, 3.05) is 7.11 Å². The van der Waals surface area contributed by atoms with E-state index < -0.39 is 5.97 Å². The topological polar surface area (TPSA) is 111 Å². The van der Waals surface area contributed by atoms with E-state index in [4.69, 9.17) is 9.47 Å². The van der Waals surface area contributed by atoms with Gasteiger partial charge in [-0.2, -0.15) is 0 Å². The van der Waals surface area contributed by atoms with E-state index in [9.17, 15) is 19.2 Å². The predicted octanol–water partition coefficient (Wildman–Crippen LogP) is 3.64. The summed E-state index contributed by atoms with van der Waals surface area (Å²) in [5.74, 6) is -1.21. The van der Waals surface area contributed by atoms with E-state index >= 15 is 0 Å². The molecular formula is C26H30N2O6. The average Bonchev–Trinajstić information content (AvgIpc) is 3.55. The van der Waals surface area contributed by atoms with Crippen LogP contribution in [0.1, 0.15) is 88.0 Å². The predicted molar refractivity (Wildman–Crippen MR) is 126 cm³/mol. The fraction of sp³-hybridized carbons (Fsp3) is 0.462. The molecule has 0 saturated heterocycles.